The van der Waals surface area contributed by atoms with Crippen LogP contribution in [0.1, 0.15) is 40.7 Å². The van der Waals surface area contributed by atoms with Crippen molar-refractivity contribution < 1.29 is 13.2 Å². The van der Waals surface area contributed by atoms with Crippen molar-refractivity contribution in [3.8, 4) is 6.07 Å². The summed E-state index contributed by atoms with van der Waals surface area (Å²) in [6, 6.07) is 15.2. The van der Waals surface area contributed by atoms with Gasteiger partial charge in [0, 0.05) is 25.2 Å². The van der Waals surface area contributed by atoms with Crippen LogP contribution in [0.3, 0.4) is 0 Å². The van der Waals surface area contributed by atoms with Gasteiger partial charge in [-0.1, -0.05) is 24.6 Å². The number of nitrogens with one attached hydrogen (secondary N) is 1. The van der Waals surface area contributed by atoms with Gasteiger partial charge in [0.15, 0.2) is 0 Å². The second-order valence-electron chi connectivity index (χ2n) is 6.49. The molecule has 0 aliphatic carbocycles. The van der Waals surface area contributed by atoms with Crippen molar-refractivity contribution in [2.24, 2.45) is 0 Å². The Kier molecular flexibility index (Phi) is 5.89. The number of rotatable bonds is 5. The summed E-state index contributed by atoms with van der Waals surface area (Å²) >= 11 is 0. The molecule has 1 aliphatic heterocycles. The van der Waals surface area contributed by atoms with Gasteiger partial charge in [0.05, 0.1) is 16.5 Å². The van der Waals surface area contributed by atoms with Crippen LogP contribution < -0.4 is 5.32 Å². The van der Waals surface area contributed by atoms with Crippen molar-refractivity contribution in [1.82, 2.24) is 9.62 Å². The third kappa shape index (κ3) is 4.54. The van der Waals surface area contributed by atoms with Crippen molar-refractivity contribution in [1.29, 1.82) is 5.26 Å². The van der Waals surface area contributed by atoms with Gasteiger partial charge in [-0.25, -0.2) is 8.42 Å². The highest BCUT2D eigenvalue weighted by molar-refractivity contribution is 7.89. The van der Waals surface area contributed by atoms with Gasteiger partial charge in [-0.2, -0.15) is 9.57 Å². The van der Waals surface area contributed by atoms with Gasteiger partial charge in [-0.3, -0.25) is 4.79 Å². The second-order valence-corrected chi connectivity index (χ2v) is 8.43. The molecule has 0 radical (unpaired) electrons. The minimum absolute atomic E-state index is 0.142. The topological polar surface area (TPSA) is 90.3 Å². The quantitative estimate of drug-likeness (QED) is 0.859. The van der Waals surface area contributed by atoms with Crippen molar-refractivity contribution in [3.63, 3.8) is 0 Å². The molecule has 3 rings (SSSR count). The van der Waals surface area contributed by atoms with Crippen molar-refractivity contribution in [2.75, 3.05) is 13.1 Å². The van der Waals surface area contributed by atoms with Gasteiger partial charge in [0.2, 0.25) is 10.0 Å². The van der Waals surface area contributed by atoms with Crippen LogP contribution in [0.4, 0.5) is 0 Å². The molecule has 1 N–H and O–H groups in total. The fourth-order valence-electron chi connectivity index (χ4n) is 3.09. The normalized spacial score (nSPS) is 15.1. The lowest BCUT2D eigenvalue weighted by Crippen LogP contribution is -2.35. The molecule has 0 bridgehead atoms. The zero-order valence-electron chi connectivity index (χ0n) is 14.9. The Morgan fingerprint density at radius 3 is 2.56 bits per heavy atom. The number of piperidine rings is 1. The van der Waals surface area contributed by atoms with E-state index < -0.39 is 10.0 Å². The maximum atomic E-state index is 12.8. The first-order chi connectivity index (χ1) is 13.0. The van der Waals surface area contributed by atoms with Crippen LogP contribution in [-0.4, -0.2) is 31.7 Å². The molecule has 140 valence electrons. The molecule has 0 spiro atoms. The zero-order valence-corrected chi connectivity index (χ0v) is 15.7. The fraction of sp³-hybridized carbons (Fsp3) is 0.300. The number of carbonyl (C=O) groups is 1. The van der Waals surface area contributed by atoms with Crippen LogP contribution in [0, 0.1) is 11.3 Å². The molecule has 0 unspecified atom stereocenters. The monoisotopic (exact) mass is 383 g/mol. The Morgan fingerprint density at radius 1 is 1.07 bits per heavy atom. The van der Waals surface area contributed by atoms with Crippen LogP contribution in [0.2, 0.25) is 0 Å². The first-order valence-electron chi connectivity index (χ1n) is 8.88. The van der Waals surface area contributed by atoms with Crippen LogP contribution in [0.5, 0.6) is 0 Å². The van der Waals surface area contributed by atoms with Gasteiger partial charge >= 0.3 is 0 Å². The number of nitriles is 1. The molecule has 0 atom stereocenters. The molecule has 1 saturated heterocycles. The number of carbonyl (C=O) groups excluding carboxylic acids is 1. The first kappa shape index (κ1) is 19.1. The Balaban J connectivity index is 1.72. The molecular weight excluding hydrogens is 362 g/mol. The molecule has 1 amide bonds. The summed E-state index contributed by atoms with van der Waals surface area (Å²) in [5, 5.41) is 11.7. The molecule has 27 heavy (non-hydrogen) atoms. The Hall–Kier alpha value is -2.69. The lowest BCUT2D eigenvalue weighted by molar-refractivity contribution is 0.0950. The van der Waals surface area contributed by atoms with Crippen LogP contribution in [0.15, 0.2) is 53.4 Å². The average Bonchev–Trinajstić information content (AvgIpc) is 2.73. The molecule has 2 aromatic carbocycles. The number of amides is 1. The maximum absolute atomic E-state index is 12.8. The van der Waals surface area contributed by atoms with Gasteiger partial charge < -0.3 is 5.32 Å². The Bertz CT molecular complexity index is 974. The number of benzene rings is 2. The highest BCUT2D eigenvalue weighted by atomic mass is 32.2. The number of nitrogens with zero attached hydrogens (tertiary/aromatic N) is 2. The second kappa shape index (κ2) is 8.33. The zero-order chi connectivity index (χ0) is 19.3. The van der Waals surface area contributed by atoms with Gasteiger partial charge in [-0.15, -0.1) is 0 Å². The fourth-order valence-corrected chi connectivity index (χ4v) is 4.65. The van der Waals surface area contributed by atoms with Gasteiger partial charge in [-0.05, 0) is 48.7 Å². The van der Waals surface area contributed by atoms with Gasteiger partial charge in [0.25, 0.3) is 5.91 Å². The minimum Gasteiger partial charge on any atom is -0.348 e. The predicted molar refractivity (Wildman–Crippen MR) is 101 cm³/mol. The molecule has 6 nitrogen and oxygen atoms in total. The molecule has 0 saturated carbocycles. The number of sulfonamides is 1. The predicted octanol–water partition coefficient (Wildman–Crippen LogP) is 2.66. The van der Waals surface area contributed by atoms with Crippen LogP contribution in [-0.2, 0) is 16.6 Å². The lowest BCUT2D eigenvalue weighted by atomic mass is 10.1. The molecule has 1 fully saturated rings. The standard InChI is InChI=1S/C20H21N3O3S/c21-14-16-6-4-7-17(12-16)15-22-20(24)18-8-5-9-19(13-18)27(25,26)23-10-2-1-3-11-23/h4-9,12-13H,1-3,10-11,15H2,(H,22,24). The summed E-state index contributed by atoms with van der Waals surface area (Å²) in [5.41, 5.74) is 1.63. The van der Waals surface area contributed by atoms with E-state index in [2.05, 4.69) is 11.4 Å². The minimum atomic E-state index is -3.58. The Labute approximate surface area is 159 Å². The molecule has 1 heterocycles. The smallest absolute Gasteiger partial charge is 0.251 e. The summed E-state index contributed by atoms with van der Waals surface area (Å²) in [6.45, 7) is 1.30. The van der Waals surface area contributed by atoms with Gasteiger partial charge in [0.1, 0.15) is 0 Å². The highest BCUT2D eigenvalue weighted by Crippen LogP contribution is 2.21. The summed E-state index contributed by atoms with van der Waals surface area (Å²) in [6.07, 6.45) is 2.77. The molecule has 0 aromatic heterocycles. The molecule has 2 aromatic rings. The van der Waals surface area contributed by atoms with E-state index in [1.54, 1.807) is 30.3 Å². The third-order valence-electron chi connectivity index (χ3n) is 4.56. The van der Waals surface area contributed by atoms with E-state index in [1.165, 1.54) is 16.4 Å². The summed E-state index contributed by atoms with van der Waals surface area (Å²) in [5.74, 6) is -0.354. The van der Waals surface area contributed by atoms with Crippen molar-refractivity contribution >= 4 is 15.9 Å². The molecule has 1 aliphatic rings. The van der Waals surface area contributed by atoms with E-state index >= 15 is 0 Å². The third-order valence-corrected chi connectivity index (χ3v) is 6.45. The first-order valence-corrected chi connectivity index (χ1v) is 10.3. The summed E-state index contributed by atoms with van der Waals surface area (Å²) in [7, 11) is -3.58. The van der Waals surface area contributed by atoms with Crippen molar-refractivity contribution in [3.05, 3.63) is 65.2 Å². The van der Waals surface area contributed by atoms with Crippen molar-refractivity contribution in [2.45, 2.75) is 30.7 Å². The van der Waals surface area contributed by atoms with E-state index in [1.807, 2.05) is 6.07 Å². The molecule has 7 heteroatoms. The van der Waals surface area contributed by atoms with E-state index in [4.69, 9.17) is 5.26 Å². The van der Waals surface area contributed by atoms with Crippen LogP contribution >= 0.6 is 0 Å². The van der Waals surface area contributed by atoms with E-state index in [-0.39, 0.29) is 17.3 Å². The average molecular weight is 383 g/mol. The number of hydrogen-bond donors (Lipinski definition) is 1. The SMILES string of the molecule is N#Cc1cccc(CNC(=O)c2cccc(S(=O)(=O)N3CCCCC3)c2)c1. The van der Waals surface area contributed by atoms with E-state index in [0.29, 0.717) is 24.2 Å². The van der Waals surface area contributed by atoms with Crippen LogP contribution in [0.25, 0.3) is 0 Å². The maximum Gasteiger partial charge on any atom is 0.251 e. The lowest BCUT2D eigenvalue weighted by Gasteiger charge is -2.26. The summed E-state index contributed by atoms with van der Waals surface area (Å²) in [4.78, 5) is 12.6. The van der Waals surface area contributed by atoms with E-state index in [0.717, 1.165) is 24.8 Å². The van der Waals surface area contributed by atoms with E-state index in [9.17, 15) is 13.2 Å². The largest absolute Gasteiger partial charge is 0.348 e. The highest BCUT2D eigenvalue weighted by Gasteiger charge is 2.26. The number of hydrogen-bond acceptors (Lipinski definition) is 4. The Morgan fingerprint density at radius 2 is 1.81 bits per heavy atom. The molecular formula is C20H21N3O3S. The summed E-state index contributed by atoms with van der Waals surface area (Å²) < 4.78 is 27.0.